The lowest BCUT2D eigenvalue weighted by Crippen LogP contribution is -2.29. The summed E-state index contributed by atoms with van der Waals surface area (Å²) in [6, 6.07) is 13.6. The number of nitrogens with zero attached hydrogens (tertiary/aromatic N) is 3. The minimum absolute atomic E-state index is 0.108. The molecule has 4 aromatic rings. The largest absolute Gasteiger partial charge is 0.496 e. The number of nitrogens with one attached hydrogen (secondary N) is 2. The maximum atomic E-state index is 15.6. The number of halogens is 2. The highest BCUT2D eigenvalue weighted by molar-refractivity contribution is 6.32. The molecule has 0 saturated heterocycles. The molecule has 2 aliphatic carbocycles. The zero-order valence-electron chi connectivity index (χ0n) is 28.7. The number of likely N-dealkylation sites (N-methyl/N-ethyl adjacent to an activating group) is 1. The fourth-order valence-electron chi connectivity index (χ4n) is 7.20. The molecule has 10 nitrogen and oxygen atoms in total. The second-order valence-electron chi connectivity index (χ2n) is 13.4. The number of aromatic nitrogens is 2. The minimum Gasteiger partial charge on any atom is -0.496 e. The molecule has 1 amide bonds. The molecule has 1 unspecified atom stereocenters. The molecule has 3 aliphatic rings. The topological polar surface area (TPSA) is 107 Å². The summed E-state index contributed by atoms with van der Waals surface area (Å²) < 4.78 is 29.4. The molecule has 1 fully saturated rings. The van der Waals surface area contributed by atoms with Crippen molar-refractivity contribution in [1.82, 2.24) is 19.9 Å². The summed E-state index contributed by atoms with van der Waals surface area (Å²) in [6.07, 6.45) is 4.52. The van der Waals surface area contributed by atoms with Crippen LogP contribution in [-0.2, 0) is 42.6 Å². The van der Waals surface area contributed by atoms with Gasteiger partial charge in [0.1, 0.15) is 22.6 Å². The van der Waals surface area contributed by atoms with E-state index in [0.29, 0.717) is 12.2 Å². The molecule has 50 heavy (non-hydrogen) atoms. The molecule has 0 bridgehead atoms. The van der Waals surface area contributed by atoms with Gasteiger partial charge in [-0.25, -0.2) is 9.37 Å². The van der Waals surface area contributed by atoms with Crippen LogP contribution in [0.5, 0.6) is 11.5 Å². The number of amides is 1. The Labute approximate surface area is 295 Å². The summed E-state index contributed by atoms with van der Waals surface area (Å²) in [5.74, 6) is -0.596. The van der Waals surface area contributed by atoms with Crippen LogP contribution in [0.15, 0.2) is 42.5 Å². The monoisotopic (exact) mass is 701 g/mol. The van der Waals surface area contributed by atoms with Crippen molar-refractivity contribution < 1.29 is 28.3 Å². The molecule has 262 valence electrons. The van der Waals surface area contributed by atoms with E-state index in [1.54, 1.807) is 6.07 Å². The number of anilines is 1. The van der Waals surface area contributed by atoms with Gasteiger partial charge in [0.15, 0.2) is 11.6 Å². The number of ether oxygens (including phenoxy) is 2. The van der Waals surface area contributed by atoms with Crippen molar-refractivity contribution in [2.45, 2.75) is 64.6 Å². The average Bonchev–Trinajstić information content (AvgIpc) is 3.64. The van der Waals surface area contributed by atoms with Crippen LogP contribution in [0.25, 0.3) is 11.1 Å². The first-order valence-corrected chi connectivity index (χ1v) is 17.4. The Kier molecular flexibility index (Phi) is 9.56. The van der Waals surface area contributed by atoms with E-state index >= 15 is 4.39 Å². The van der Waals surface area contributed by atoms with Gasteiger partial charge in [-0.05, 0) is 73.5 Å². The first-order chi connectivity index (χ1) is 24.1. The van der Waals surface area contributed by atoms with Crippen LogP contribution in [0.4, 0.5) is 10.1 Å². The molecule has 2 N–H and O–H groups in total. The lowest BCUT2D eigenvalue weighted by atomic mass is 9.86. The fourth-order valence-corrected chi connectivity index (χ4v) is 7.42. The van der Waals surface area contributed by atoms with Gasteiger partial charge in [-0.15, -0.1) is 5.48 Å². The fraction of sp³-hybridized carbons (Fsp3) is 0.395. The SMILES string of the molecule is COc1cc(OC2CCc3c(-c4cccc(NC(=O)c5nc6c(n5C)CCN(C)C6)c4C)cccc32)c(Cl)c(F)c1CNOC(=O)C1CCC1. The van der Waals surface area contributed by atoms with E-state index < -0.39 is 5.82 Å². The van der Waals surface area contributed by atoms with E-state index in [1.807, 2.05) is 42.8 Å². The number of carbonyl (C=O) groups is 2. The van der Waals surface area contributed by atoms with E-state index in [-0.39, 0.29) is 52.5 Å². The second kappa shape index (κ2) is 14.0. The van der Waals surface area contributed by atoms with E-state index in [4.69, 9.17) is 25.9 Å². The van der Waals surface area contributed by atoms with E-state index in [0.717, 1.165) is 90.1 Å². The van der Waals surface area contributed by atoms with E-state index in [2.05, 4.69) is 39.9 Å². The quantitative estimate of drug-likeness (QED) is 0.173. The van der Waals surface area contributed by atoms with Gasteiger partial charge in [-0.2, -0.15) is 0 Å². The predicted octanol–water partition coefficient (Wildman–Crippen LogP) is 6.85. The number of carbonyl (C=O) groups excluding carboxylic acids is 2. The third-order valence-electron chi connectivity index (χ3n) is 10.3. The maximum Gasteiger partial charge on any atom is 0.327 e. The molecule has 1 aliphatic heterocycles. The Morgan fingerprint density at radius 3 is 2.60 bits per heavy atom. The summed E-state index contributed by atoms with van der Waals surface area (Å²) in [5.41, 5.74) is 10.6. The minimum atomic E-state index is -0.701. The summed E-state index contributed by atoms with van der Waals surface area (Å²) in [4.78, 5) is 37.6. The van der Waals surface area contributed by atoms with Crippen LogP contribution >= 0.6 is 11.6 Å². The van der Waals surface area contributed by atoms with Crippen molar-refractivity contribution in [2.24, 2.45) is 13.0 Å². The van der Waals surface area contributed by atoms with E-state index in [9.17, 15) is 9.59 Å². The standard InChI is InChI=1S/C38H41ClFN5O5/c1-21-23(10-7-13-28(21)43-37(46)36-42-29-20-44(2)17-16-30(29)45(36)3)24-11-6-12-26-25(24)14-15-31(26)49-33-18-32(48-4)27(35(40)34(33)39)19-41-50-38(47)22-8-5-9-22/h6-7,10-13,18,22,31,41H,5,8-9,14-17,19-20H2,1-4H3,(H,43,46). The van der Waals surface area contributed by atoms with Gasteiger partial charge >= 0.3 is 5.97 Å². The number of methoxy groups -OCH3 is 1. The molecular weight excluding hydrogens is 661 g/mol. The summed E-state index contributed by atoms with van der Waals surface area (Å²) in [6.45, 7) is 3.56. The van der Waals surface area contributed by atoms with Crippen LogP contribution < -0.4 is 20.3 Å². The zero-order valence-corrected chi connectivity index (χ0v) is 29.5. The van der Waals surface area contributed by atoms with Gasteiger partial charge in [0, 0.05) is 49.6 Å². The molecular formula is C38H41ClFN5O5. The second-order valence-corrected chi connectivity index (χ2v) is 13.8. The molecule has 1 saturated carbocycles. The van der Waals surface area contributed by atoms with Gasteiger partial charge in [0.05, 0.1) is 25.3 Å². The van der Waals surface area contributed by atoms with Gasteiger partial charge in [0.25, 0.3) is 5.91 Å². The first kappa shape index (κ1) is 34.0. The van der Waals surface area contributed by atoms with Crippen LogP contribution in [0.3, 0.4) is 0 Å². The Morgan fingerprint density at radius 2 is 1.84 bits per heavy atom. The molecule has 0 spiro atoms. The van der Waals surface area contributed by atoms with Gasteiger partial charge in [-0.1, -0.05) is 48.4 Å². The predicted molar refractivity (Wildman–Crippen MR) is 188 cm³/mol. The molecule has 2 heterocycles. The number of benzene rings is 3. The summed E-state index contributed by atoms with van der Waals surface area (Å²) in [5, 5.41) is 2.94. The highest BCUT2D eigenvalue weighted by Gasteiger charge is 2.31. The van der Waals surface area contributed by atoms with Crippen LogP contribution in [-0.4, -0.2) is 47.0 Å². The van der Waals surface area contributed by atoms with Crippen molar-refractivity contribution in [3.05, 3.63) is 92.8 Å². The van der Waals surface area contributed by atoms with Crippen molar-refractivity contribution >= 4 is 29.2 Å². The molecule has 0 radical (unpaired) electrons. The molecule has 12 heteroatoms. The number of hydroxylamine groups is 1. The molecule has 7 rings (SSSR count). The van der Waals surface area contributed by atoms with Crippen molar-refractivity contribution in [1.29, 1.82) is 0 Å². The van der Waals surface area contributed by atoms with Crippen LogP contribution in [0.1, 0.15) is 76.0 Å². The number of hydrogen-bond donors (Lipinski definition) is 2. The Balaban J connectivity index is 1.09. The van der Waals surface area contributed by atoms with Crippen molar-refractivity contribution in [2.75, 3.05) is 26.0 Å². The lowest BCUT2D eigenvalue weighted by molar-refractivity contribution is -0.159. The highest BCUT2D eigenvalue weighted by Crippen LogP contribution is 2.44. The number of fused-ring (bicyclic) bond motifs is 2. The number of rotatable bonds is 10. The normalized spacial score (nSPS) is 17.1. The number of hydrogen-bond acceptors (Lipinski definition) is 8. The third kappa shape index (κ3) is 6.34. The Bertz CT molecular complexity index is 1980. The average molecular weight is 702 g/mol. The number of imidazole rings is 1. The lowest BCUT2D eigenvalue weighted by Gasteiger charge is -2.23. The van der Waals surface area contributed by atoms with Gasteiger partial charge in [-0.3, -0.25) is 9.59 Å². The van der Waals surface area contributed by atoms with E-state index in [1.165, 1.54) is 7.11 Å². The summed E-state index contributed by atoms with van der Waals surface area (Å²) in [7, 11) is 5.40. The van der Waals surface area contributed by atoms with Gasteiger partial charge in [0.2, 0.25) is 0 Å². The smallest absolute Gasteiger partial charge is 0.327 e. The molecule has 3 aromatic carbocycles. The van der Waals surface area contributed by atoms with Crippen molar-refractivity contribution in [3.63, 3.8) is 0 Å². The van der Waals surface area contributed by atoms with Gasteiger partial charge < -0.3 is 29.1 Å². The maximum absolute atomic E-state index is 15.6. The third-order valence-corrected chi connectivity index (χ3v) is 10.7. The van der Waals surface area contributed by atoms with Crippen LogP contribution in [0.2, 0.25) is 5.02 Å². The first-order valence-electron chi connectivity index (χ1n) is 17.1. The molecule has 1 atom stereocenters. The zero-order chi connectivity index (χ0) is 35.1. The van der Waals surface area contributed by atoms with Crippen molar-refractivity contribution in [3.8, 4) is 22.6 Å². The Hall–Kier alpha value is -4.45. The van der Waals surface area contributed by atoms with Crippen LogP contribution in [0, 0.1) is 18.7 Å². The molecule has 1 aromatic heterocycles. The highest BCUT2D eigenvalue weighted by atomic mass is 35.5. The Morgan fingerprint density at radius 1 is 1.06 bits per heavy atom. The summed E-state index contributed by atoms with van der Waals surface area (Å²) >= 11 is 6.52.